The lowest BCUT2D eigenvalue weighted by atomic mass is 10.2. The van der Waals surface area contributed by atoms with Crippen LogP contribution in [0.15, 0.2) is 47.4 Å². The van der Waals surface area contributed by atoms with Crippen molar-refractivity contribution in [1.29, 1.82) is 0 Å². The van der Waals surface area contributed by atoms with E-state index in [4.69, 9.17) is 16.3 Å². The second-order valence-corrected chi connectivity index (χ2v) is 11.7. The molecule has 0 saturated heterocycles. The Morgan fingerprint density at radius 3 is 2.33 bits per heavy atom. The summed E-state index contributed by atoms with van der Waals surface area (Å²) in [6.45, 7) is 4.27. The number of carbonyl (C=O) groups excluding carboxylic acids is 1. The van der Waals surface area contributed by atoms with Crippen molar-refractivity contribution in [2.45, 2.75) is 31.3 Å². The predicted molar refractivity (Wildman–Crippen MR) is 128 cm³/mol. The van der Waals surface area contributed by atoms with Crippen LogP contribution in [-0.2, 0) is 24.8 Å². The molecule has 1 unspecified atom stereocenters. The highest BCUT2D eigenvalue weighted by atomic mass is 35.5. The van der Waals surface area contributed by atoms with Crippen LogP contribution < -0.4 is 14.4 Å². The van der Waals surface area contributed by atoms with Gasteiger partial charge in [0, 0.05) is 36.8 Å². The van der Waals surface area contributed by atoms with E-state index in [1.165, 1.54) is 40.7 Å². The van der Waals surface area contributed by atoms with E-state index >= 15 is 0 Å². The van der Waals surface area contributed by atoms with Gasteiger partial charge in [0.05, 0.1) is 16.8 Å². The predicted octanol–water partition coefficient (Wildman–Crippen LogP) is 2.93. The second kappa shape index (κ2) is 9.88. The molecule has 1 aliphatic heterocycles. The molecule has 0 aliphatic carbocycles. The number of sulfonamides is 2. The third kappa shape index (κ3) is 5.60. The summed E-state index contributed by atoms with van der Waals surface area (Å²) >= 11 is 6.03. The van der Waals surface area contributed by atoms with E-state index < -0.39 is 32.1 Å². The van der Waals surface area contributed by atoms with Crippen molar-refractivity contribution in [2.75, 3.05) is 35.5 Å². The van der Waals surface area contributed by atoms with Crippen molar-refractivity contribution < 1.29 is 26.4 Å². The van der Waals surface area contributed by atoms with Crippen LogP contribution in [-0.4, -0.2) is 59.0 Å². The number of halogens is 1. The fourth-order valence-electron chi connectivity index (χ4n) is 3.53. The normalized spacial score (nSPS) is 16.6. The molecule has 1 N–H and O–H groups in total. The number of anilines is 2. The lowest BCUT2D eigenvalue weighted by molar-refractivity contribution is -0.122. The number of ether oxygens (including phenoxy) is 1. The molecule has 0 radical (unpaired) electrons. The highest BCUT2D eigenvalue weighted by Crippen LogP contribution is 2.36. The summed E-state index contributed by atoms with van der Waals surface area (Å²) in [6, 6.07) is 10.4. The van der Waals surface area contributed by atoms with E-state index in [0.29, 0.717) is 23.8 Å². The first-order valence-corrected chi connectivity index (χ1v) is 14.0. The van der Waals surface area contributed by atoms with Gasteiger partial charge in [-0.1, -0.05) is 25.4 Å². The lowest BCUT2D eigenvalue weighted by Gasteiger charge is -2.21. The molecule has 33 heavy (non-hydrogen) atoms. The number of nitrogens with zero attached hydrogens (tertiary/aromatic N) is 2. The molecule has 1 aliphatic rings. The molecule has 2 aromatic carbocycles. The van der Waals surface area contributed by atoms with Crippen molar-refractivity contribution >= 4 is 48.9 Å². The number of rotatable bonds is 7. The van der Waals surface area contributed by atoms with Crippen LogP contribution >= 0.6 is 11.6 Å². The van der Waals surface area contributed by atoms with Gasteiger partial charge in [-0.3, -0.25) is 9.10 Å². The van der Waals surface area contributed by atoms with Crippen LogP contribution in [0.25, 0.3) is 0 Å². The Labute approximate surface area is 199 Å². The van der Waals surface area contributed by atoms with Crippen molar-refractivity contribution in [3.8, 4) is 5.75 Å². The van der Waals surface area contributed by atoms with Crippen LogP contribution in [0.5, 0.6) is 5.75 Å². The SMILES string of the molecule is CCN(CC)S(=O)(=O)c1ccc(NC(=O)C2CCN(S(C)(=O)=O)c3cc(Cl)ccc3O2)cc1. The van der Waals surface area contributed by atoms with Gasteiger partial charge in [-0.05, 0) is 42.5 Å². The van der Waals surface area contributed by atoms with Gasteiger partial charge in [0.2, 0.25) is 20.0 Å². The molecule has 12 heteroatoms. The van der Waals surface area contributed by atoms with Crippen molar-refractivity contribution in [3.63, 3.8) is 0 Å². The van der Waals surface area contributed by atoms with E-state index in [1.54, 1.807) is 19.9 Å². The number of carbonyl (C=O) groups is 1. The average molecular weight is 516 g/mol. The van der Waals surface area contributed by atoms with Crippen molar-refractivity contribution in [2.24, 2.45) is 0 Å². The Kier molecular flexibility index (Phi) is 7.57. The number of hydrogen-bond acceptors (Lipinski definition) is 6. The van der Waals surface area contributed by atoms with Crippen LogP contribution in [0.3, 0.4) is 0 Å². The number of hydrogen-bond donors (Lipinski definition) is 1. The fraction of sp³-hybridized carbons (Fsp3) is 0.381. The minimum atomic E-state index is -3.62. The van der Waals surface area contributed by atoms with Gasteiger partial charge >= 0.3 is 0 Å². The zero-order valence-electron chi connectivity index (χ0n) is 18.5. The minimum Gasteiger partial charge on any atom is -0.478 e. The zero-order valence-corrected chi connectivity index (χ0v) is 20.9. The first-order valence-electron chi connectivity index (χ1n) is 10.3. The van der Waals surface area contributed by atoms with E-state index in [2.05, 4.69) is 5.32 Å². The maximum Gasteiger partial charge on any atom is 0.265 e. The molecule has 180 valence electrons. The number of amides is 1. The second-order valence-electron chi connectivity index (χ2n) is 7.45. The van der Waals surface area contributed by atoms with Gasteiger partial charge in [0.15, 0.2) is 6.10 Å². The molecule has 0 saturated carbocycles. The lowest BCUT2D eigenvalue weighted by Crippen LogP contribution is -2.36. The first kappa shape index (κ1) is 25.3. The summed E-state index contributed by atoms with van der Waals surface area (Å²) in [5, 5.41) is 3.05. The summed E-state index contributed by atoms with van der Waals surface area (Å²) in [4.78, 5) is 13.0. The van der Waals surface area contributed by atoms with Crippen molar-refractivity contribution in [1.82, 2.24) is 4.31 Å². The number of nitrogens with one attached hydrogen (secondary N) is 1. The summed E-state index contributed by atoms with van der Waals surface area (Å²) in [7, 11) is -7.22. The molecule has 0 fully saturated rings. The molecule has 0 aromatic heterocycles. The Balaban J connectivity index is 1.79. The largest absolute Gasteiger partial charge is 0.478 e. The summed E-state index contributed by atoms with van der Waals surface area (Å²) < 4.78 is 58.1. The molecule has 1 atom stereocenters. The molecular weight excluding hydrogens is 490 g/mol. The van der Waals surface area contributed by atoms with E-state index in [-0.39, 0.29) is 29.3 Å². The topological polar surface area (TPSA) is 113 Å². The summed E-state index contributed by atoms with van der Waals surface area (Å²) in [5.74, 6) is -0.256. The van der Waals surface area contributed by atoms with E-state index in [0.717, 1.165) is 10.6 Å². The average Bonchev–Trinajstić information content (AvgIpc) is 2.94. The smallest absolute Gasteiger partial charge is 0.265 e. The van der Waals surface area contributed by atoms with Gasteiger partial charge in [-0.25, -0.2) is 16.8 Å². The van der Waals surface area contributed by atoms with Gasteiger partial charge in [0.25, 0.3) is 5.91 Å². The quantitative estimate of drug-likeness (QED) is 0.606. The van der Waals surface area contributed by atoms with Crippen LogP contribution in [0.2, 0.25) is 5.02 Å². The number of benzene rings is 2. The Morgan fingerprint density at radius 2 is 1.76 bits per heavy atom. The highest BCUT2D eigenvalue weighted by Gasteiger charge is 2.31. The van der Waals surface area contributed by atoms with Crippen molar-refractivity contribution in [3.05, 3.63) is 47.5 Å². The van der Waals surface area contributed by atoms with E-state index in [1.807, 2.05) is 0 Å². The summed E-state index contributed by atoms with van der Waals surface area (Å²) in [6.07, 6.45) is 0.224. The first-order chi connectivity index (χ1) is 15.5. The molecule has 3 rings (SSSR count). The van der Waals surface area contributed by atoms with Crippen LogP contribution in [0, 0.1) is 0 Å². The van der Waals surface area contributed by atoms with Crippen LogP contribution in [0.4, 0.5) is 11.4 Å². The molecule has 9 nitrogen and oxygen atoms in total. The zero-order chi connectivity index (χ0) is 24.4. The minimum absolute atomic E-state index is 0.0330. The fourth-order valence-corrected chi connectivity index (χ4v) is 6.09. The monoisotopic (exact) mass is 515 g/mol. The molecule has 1 amide bonds. The van der Waals surface area contributed by atoms with Gasteiger partial charge in [-0.2, -0.15) is 4.31 Å². The standard InChI is InChI=1S/C21H26ClN3O6S2/c1-4-24(5-2)33(29,30)17-9-7-16(8-10-17)23-21(26)20-12-13-25(32(3,27)28)18-14-15(22)6-11-19(18)31-20/h6-11,14,20H,4-5,12-13H2,1-3H3,(H,23,26). The maximum absolute atomic E-state index is 12.9. The third-order valence-electron chi connectivity index (χ3n) is 5.21. The van der Waals surface area contributed by atoms with Crippen LogP contribution in [0.1, 0.15) is 20.3 Å². The Morgan fingerprint density at radius 1 is 1.12 bits per heavy atom. The summed E-state index contributed by atoms with van der Waals surface area (Å²) in [5.41, 5.74) is 0.661. The molecule has 2 aromatic rings. The van der Waals surface area contributed by atoms with Gasteiger partial charge < -0.3 is 10.1 Å². The van der Waals surface area contributed by atoms with Gasteiger partial charge in [-0.15, -0.1) is 0 Å². The molecule has 1 heterocycles. The maximum atomic E-state index is 12.9. The third-order valence-corrected chi connectivity index (χ3v) is 8.69. The number of fused-ring (bicyclic) bond motifs is 1. The van der Waals surface area contributed by atoms with Gasteiger partial charge in [0.1, 0.15) is 5.75 Å². The molecular formula is C21H26ClN3O6S2. The Hall–Kier alpha value is -2.34. The molecule has 0 spiro atoms. The van der Waals surface area contributed by atoms with E-state index in [9.17, 15) is 21.6 Å². The highest BCUT2D eigenvalue weighted by molar-refractivity contribution is 7.92. The molecule has 0 bridgehead atoms. The Bertz CT molecular complexity index is 1230.